The summed E-state index contributed by atoms with van der Waals surface area (Å²) in [5.74, 6) is -0.277. The number of amides is 1. The Morgan fingerprint density at radius 2 is 1.96 bits per heavy atom. The number of benzene rings is 2. The van der Waals surface area contributed by atoms with Gasteiger partial charge in [0.1, 0.15) is 22.8 Å². The van der Waals surface area contributed by atoms with E-state index < -0.39 is 11.6 Å². The van der Waals surface area contributed by atoms with Crippen LogP contribution in [0.15, 0.2) is 42.5 Å². The van der Waals surface area contributed by atoms with Crippen molar-refractivity contribution in [2.45, 2.75) is 11.9 Å². The normalized spacial score (nSPS) is 17.6. The molecule has 3 rings (SSSR count). The first kappa shape index (κ1) is 15.8. The van der Waals surface area contributed by atoms with Crippen molar-refractivity contribution >= 4 is 17.7 Å². The van der Waals surface area contributed by atoms with E-state index in [0.717, 1.165) is 11.6 Å². The lowest BCUT2D eigenvalue weighted by Gasteiger charge is -2.24. The Bertz CT molecular complexity index is 718. The number of ether oxygens (including phenoxy) is 1. The minimum Gasteiger partial charge on any atom is -0.497 e. The number of thioether (sulfide) groups is 1. The summed E-state index contributed by atoms with van der Waals surface area (Å²) in [6.07, 6.45) is 0. The maximum atomic E-state index is 13.4. The van der Waals surface area contributed by atoms with Crippen molar-refractivity contribution in [3.05, 3.63) is 65.2 Å². The summed E-state index contributed by atoms with van der Waals surface area (Å²) < 4.78 is 31.9. The number of nitrogens with zero attached hydrogens (tertiary/aromatic N) is 1. The molecule has 0 radical (unpaired) electrons. The zero-order chi connectivity index (χ0) is 16.4. The Hall–Kier alpha value is -2.08. The lowest BCUT2D eigenvalue weighted by molar-refractivity contribution is -0.128. The van der Waals surface area contributed by atoms with Gasteiger partial charge in [-0.15, -0.1) is 11.8 Å². The van der Waals surface area contributed by atoms with E-state index in [9.17, 15) is 13.6 Å². The van der Waals surface area contributed by atoms with Gasteiger partial charge in [0.25, 0.3) is 0 Å². The molecule has 0 aliphatic carbocycles. The topological polar surface area (TPSA) is 29.5 Å². The van der Waals surface area contributed by atoms with E-state index in [-0.39, 0.29) is 17.8 Å². The van der Waals surface area contributed by atoms with Crippen LogP contribution in [0.4, 0.5) is 8.78 Å². The zero-order valence-electron chi connectivity index (χ0n) is 12.5. The maximum absolute atomic E-state index is 13.4. The predicted molar refractivity (Wildman–Crippen MR) is 85.1 cm³/mol. The monoisotopic (exact) mass is 335 g/mol. The van der Waals surface area contributed by atoms with Crippen molar-refractivity contribution in [1.82, 2.24) is 4.90 Å². The van der Waals surface area contributed by atoms with Gasteiger partial charge in [-0.2, -0.15) is 0 Å². The van der Waals surface area contributed by atoms with Gasteiger partial charge in [0.05, 0.1) is 12.9 Å². The summed E-state index contributed by atoms with van der Waals surface area (Å²) in [6, 6.07) is 10.8. The van der Waals surface area contributed by atoms with E-state index in [1.165, 1.54) is 23.9 Å². The highest BCUT2D eigenvalue weighted by Gasteiger charge is 2.33. The molecule has 23 heavy (non-hydrogen) atoms. The van der Waals surface area contributed by atoms with Crippen LogP contribution in [0.3, 0.4) is 0 Å². The average Bonchev–Trinajstić information content (AvgIpc) is 2.87. The second kappa shape index (κ2) is 6.58. The van der Waals surface area contributed by atoms with Crippen LogP contribution in [0.25, 0.3) is 0 Å². The highest BCUT2D eigenvalue weighted by molar-refractivity contribution is 8.00. The van der Waals surface area contributed by atoms with Crippen molar-refractivity contribution in [2.75, 3.05) is 12.9 Å². The molecule has 2 aromatic rings. The molecule has 1 atom stereocenters. The Balaban J connectivity index is 1.87. The molecule has 1 unspecified atom stereocenters. The predicted octanol–water partition coefficient (Wildman–Crippen LogP) is 3.75. The highest BCUT2D eigenvalue weighted by atomic mass is 32.2. The van der Waals surface area contributed by atoms with Crippen LogP contribution >= 0.6 is 11.8 Å². The largest absolute Gasteiger partial charge is 0.497 e. The number of hydrogen-bond acceptors (Lipinski definition) is 3. The Morgan fingerprint density at radius 3 is 2.65 bits per heavy atom. The molecule has 0 N–H and O–H groups in total. The minimum absolute atomic E-state index is 0.0486. The van der Waals surface area contributed by atoms with Gasteiger partial charge in [-0.05, 0) is 35.4 Å². The number of methoxy groups -OCH3 is 1. The first-order valence-electron chi connectivity index (χ1n) is 7.07. The number of halogens is 2. The van der Waals surface area contributed by atoms with Gasteiger partial charge in [0.2, 0.25) is 5.91 Å². The van der Waals surface area contributed by atoms with Crippen molar-refractivity contribution in [3.8, 4) is 5.75 Å². The molecule has 0 aromatic heterocycles. The lowest BCUT2D eigenvalue weighted by Crippen LogP contribution is -2.27. The summed E-state index contributed by atoms with van der Waals surface area (Å²) >= 11 is 1.49. The average molecular weight is 335 g/mol. The summed E-state index contributed by atoms with van der Waals surface area (Å²) in [7, 11) is 1.58. The lowest BCUT2D eigenvalue weighted by atomic mass is 10.1. The third-order valence-electron chi connectivity index (χ3n) is 3.62. The molecule has 120 valence electrons. The van der Waals surface area contributed by atoms with Crippen molar-refractivity contribution < 1.29 is 18.3 Å². The smallest absolute Gasteiger partial charge is 0.234 e. The molecular formula is C17H15F2NO2S. The number of rotatable bonds is 4. The second-order valence-electron chi connectivity index (χ2n) is 5.24. The third-order valence-corrected chi connectivity index (χ3v) is 4.88. The summed E-state index contributed by atoms with van der Waals surface area (Å²) in [5.41, 5.74) is 1.36. The van der Waals surface area contributed by atoms with Crippen LogP contribution in [-0.4, -0.2) is 23.7 Å². The van der Waals surface area contributed by atoms with Gasteiger partial charge < -0.3 is 9.64 Å². The fraction of sp³-hybridized carbons (Fsp3) is 0.235. The van der Waals surface area contributed by atoms with E-state index in [0.29, 0.717) is 17.1 Å². The molecule has 1 saturated heterocycles. The maximum Gasteiger partial charge on any atom is 0.234 e. The number of carbonyl (C=O) groups is 1. The van der Waals surface area contributed by atoms with Gasteiger partial charge in [-0.1, -0.05) is 12.1 Å². The van der Waals surface area contributed by atoms with E-state index >= 15 is 0 Å². The van der Waals surface area contributed by atoms with Crippen LogP contribution in [0, 0.1) is 11.6 Å². The molecule has 1 aliphatic rings. The molecule has 3 nitrogen and oxygen atoms in total. The van der Waals surface area contributed by atoms with Gasteiger partial charge in [0.15, 0.2) is 0 Å². The first-order chi connectivity index (χ1) is 11.1. The molecule has 1 fully saturated rings. The Labute approximate surface area is 137 Å². The van der Waals surface area contributed by atoms with Gasteiger partial charge in [-0.3, -0.25) is 4.79 Å². The fourth-order valence-corrected chi connectivity index (χ4v) is 3.77. The second-order valence-corrected chi connectivity index (χ2v) is 6.31. The molecule has 1 amide bonds. The summed E-state index contributed by atoms with van der Waals surface area (Å²) in [4.78, 5) is 13.8. The number of carbonyl (C=O) groups excluding carboxylic acids is 1. The summed E-state index contributed by atoms with van der Waals surface area (Å²) in [6.45, 7) is 0.169. The molecule has 0 spiro atoms. The van der Waals surface area contributed by atoms with Gasteiger partial charge in [-0.25, -0.2) is 8.78 Å². The van der Waals surface area contributed by atoms with Crippen molar-refractivity contribution in [1.29, 1.82) is 0 Å². The SMILES string of the molecule is COc1cccc(C2SCC(=O)N2Cc2cc(F)cc(F)c2)c1. The Morgan fingerprint density at radius 1 is 1.22 bits per heavy atom. The zero-order valence-corrected chi connectivity index (χ0v) is 13.3. The number of hydrogen-bond donors (Lipinski definition) is 0. The molecule has 2 aromatic carbocycles. The quantitative estimate of drug-likeness (QED) is 0.852. The van der Waals surface area contributed by atoms with E-state index in [1.54, 1.807) is 12.0 Å². The molecular weight excluding hydrogens is 320 g/mol. The van der Waals surface area contributed by atoms with Crippen LogP contribution in [0.1, 0.15) is 16.5 Å². The van der Waals surface area contributed by atoms with Gasteiger partial charge in [0, 0.05) is 12.6 Å². The van der Waals surface area contributed by atoms with E-state index in [4.69, 9.17) is 4.74 Å². The van der Waals surface area contributed by atoms with E-state index in [2.05, 4.69) is 0 Å². The highest BCUT2D eigenvalue weighted by Crippen LogP contribution is 2.40. The standard InChI is InChI=1S/C17H15F2NO2S/c1-22-15-4-2-3-12(7-15)17-20(16(21)10-23-17)9-11-5-13(18)8-14(19)6-11/h2-8,17H,9-10H2,1H3. The van der Waals surface area contributed by atoms with Crippen LogP contribution in [-0.2, 0) is 11.3 Å². The molecule has 0 saturated carbocycles. The van der Waals surface area contributed by atoms with Crippen LogP contribution in [0.2, 0.25) is 0 Å². The van der Waals surface area contributed by atoms with E-state index in [1.807, 2.05) is 24.3 Å². The summed E-state index contributed by atoms with van der Waals surface area (Å²) in [5, 5.41) is -0.191. The van der Waals surface area contributed by atoms with Crippen LogP contribution in [0.5, 0.6) is 5.75 Å². The van der Waals surface area contributed by atoms with Crippen molar-refractivity contribution in [3.63, 3.8) is 0 Å². The minimum atomic E-state index is -0.641. The van der Waals surface area contributed by atoms with Gasteiger partial charge >= 0.3 is 0 Å². The Kier molecular flexibility index (Phi) is 4.52. The third kappa shape index (κ3) is 3.47. The fourth-order valence-electron chi connectivity index (χ4n) is 2.60. The molecule has 1 heterocycles. The molecule has 1 aliphatic heterocycles. The first-order valence-corrected chi connectivity index (χ1v) is 8.11. The van der Waals surface area contributed by atoms with Crippen molar-refractivity contribution in [2.24, 2.45) is 0 Å². The van der Waals surface area contributed by atoms with Crippen LogP contribution < -0.4 is 4.74 Å². The molecule has 0 bridgehead atoms. The molecule has 6 heteroatoms.